The van der Waals surface area contributed by atoms with Gasteiger partial charge in [-0.15, -0.1) is 15.7 Å². The molecule has 1 fully saturated rings. The van der Waals surface area contributed by atoms with Crippen molar-refractivity contribution >= 4 is 44.6 Å². The van der Waals surface area contributed by atoms with Gasteiger partial charge in [-0.1, -0.05) is 6.07 Å². The lowest BCUT2D eigenvalue weighted by atomic mass is 10.1. The summed E-state index contributed by atoms with van der Waals surface area (Å²) in [5.74, 6) is 1.21. The molecule has 0 radical (unpaired) electrons. The van der Waals surface area contributed by atoms with Crippen LogP contribution in [0.15, 0.2) is 57.2 Å². The molecule has 180 valence electrons. The molecule has 9 nitrogen and oxygen atoms in total. The Morgan fingerprint density at radius 1 is 1.26 bits per heavy atom. The minimum Gasteiger partial charge on any atom is -0.448 e. The van der Waals surface area contributed by atoms with Crippen LogP contribution >= 0.6 is 11.3 Å². The smallest absolute Gasteiger partial charge is 0.442 e. The molecule has 0 bridgehead atoms. The van der Waals surface area contributed by atoms with E-state index in [1.165, 1.54) is 6.26 Å². The second-order valence-corrected chi connectivity index (χ2v) is 10.9. The van der Waals surface area contributed by atoms with Crippen molar-refractivity contribution in [1.29, 1.82) is 0 Å². The fraction of sp³-hybridized carbons (Fsp3) is 0.348. The topological polar surface area (TPSA) is 115 Å². The molecule has 2 N–H and O–H groups in total. The molecule has 3 heterocycles. The van der Waals surface area contributed by atoms with Gasteiger partial charge in [0.15, 0.2) is 0 Å². The van der Waals surface area contributed by atoms with Gasteiger partial charge < -0.3 is 20.1 Å². The van der Waals surface area contributed by atoms with Crippen LogP contribution in [-0.2, 0) is 19.2 Å². The lowest BCUT2D eigenvalue weighted by molar-refractivity contribution is 0.0904. The fourth-order valence-corrected chi connectivity index (χ4v) is 5.28. The molecule has 2 aromatic heterocycles. The molecular weight excluding hydrogens is 474 g/mol. The highest BCUT2D eigenvalue weighted by Crippen LogP contribution is 2.32. The van der Waals surface area contributed by atoms with E-state index in [2.05, 4.69) is 20.0 Å². The largest absolute Gasteiger partial charge is 0.448 e. The van der Waals surface area contributed by atoms with Gasteiger partial charge in [0.25, 0.3) is 0 Å². The monoisotopic (exact) mass is 501 g/mol. The van der Waals surface area contributed by atoms with Crippen molar-refractivity contribution in [1.82, 2.24) is 9.97 Å². The Morgan fingerprint density at radius 3 is 2.71 bits per heavy atom. The van der Waals surface area contributed by atoms with E-state index in [-0.39, 0.29) is 12.6 Å². The van der Waals surface area contributed by atoms with Crippen LogP contribution < -0.4 is 10.6 Å². The van der Waals surface area contributed by atoms with Crippen LogP contribution in [-0.4, -0.2) is 52.4 Å². The second-order valence-electron chi connectivity index (χ2n) is 7.71. The predicted molar refractivity (Wildman–Crippen MR) is 134 cm³/mol. The Labute approximate surface area is 203 Å². The van der Waals surface area contributed by atoms with Crippen LogP contribution in [0.2, 0.25) is 0 Å². The summed E-state index contributed by atoms with van der Waals surface area (Å²) >= 11 is 1.64. The zero-order valence-corrected chi connectivity index (χ0v) is 20.7. The molecule has 4 rings (SSSR count). The van der Waals surface area contributed by atoms with E-state index in [0.717, 1.165) is 48.0 Å². The van der Waals surface area contributed by atoms with Gasteiger partial charge in [0, 0.05) is 47.2 Å². The molecule has 11 heteroatoms. The third-order valence-corrected chi connectivity index (χ3v) is 7.75. The van der Waals surface area contributed by atoms with E-state index in [9.17, 15) is 9.00 Å². The summed E-state index contributed by atoms with van der Waals surface area (Å²) in [5, 5.41) is 8.79. The number of anilines is 3. The average Bonchev–Trinajstić information content (AvgIpc) is 3.35. The summed E-state index contributed by atoms with van der Waals surface area (Å²) in [7, 11) is -2.90. The van der Waals surface area contributed by atoms with Crippen LogP contribution in [0.5, 0.6) is 0 Å². The summed E-state index contributed by atoms with van der Waals surface area (Å²) in [6.07, 6.45) is 4.23. The predicted octanol–water partition coefficient (Wildman–Crippen LogP) is 5.15. The van der Waals surface area contributed by atoms with Crippen molar-refractivity contribution in [3.05, 3.63) is 48.0 Å². The first-order chi connectivity index (χ1) is 16.4. The lowest BCUT2D eigenvalue weighted by Gasteiger charge is -2.24. The molecule has 0 aliphatic carbocycles. The molecule has 1 atom stereocenters. The van der Waals surface area contributed by atoms with Gasteiger partial charge in [-0.05, 0) is 55.5 Å². The number of nitrogens with zero attached hydrogens (tertiary/aromatic N) is 3. The number of thiophene rings is 1. The van der Waals surface area contributed by atoms with Gasteiger partial charge in [-0.2, -0.15) is 4.98 Å². The third-order valence-electron chi connectivity index (χ3n) is 5.20. The first kappa shape index (κ1) is 24.1. The highest BCUT2D eigenvalue weighted by atomic mass is 32.2. The van der Waals surface area contributed by atoms with E-state index in [1.807, 2.05) is 23.7 Å². The molecule has 34 heavy (non-hydrogen) atoms. The third kappa shape index (κ3) is 6.10. The van der Waals surface area contributed by atoms with Crippen molar-refractivity contribution in [3.63, 3.8) is 0 Å². The number of hydrogen-bond acceptors (Lipinski definition) is 9. The lowest BCUT2D eigenvalue weighted by Crippen LogP contribution is -2.28. The van der Waals surface area contributed by atoms with Crippen molar-refractivity contribution in [2.24, 2.45) is 4.36 Å². The molecule has 0 saturated carbocycles. The van der Waals surface area contributed by atoms with E-state index >= 15 is 0 Å². The van der Waals surface area contributed by atoms with Crippen LogP contribution in [0.25, 0.3) is 10.4 Å². The molecule has 0 spiro atoms. The van der Waals surface area contributed by atoms with Crippen LogP contribution in [0.1, 0.15) is 19.8 Å². The fourth-order valence-electron chi connectivity index (χ4n) is 3.46. The first-order valence-corrected chi connectivity index (χ1v) is 13.8. The number of carbonyl (C=O) groups is 1. The van der Waals surface area contributed by atoms with Crippen molar-refractivity contribution in [3.8, 4) is 10.4 Å². The number of nitrogens with one attached hydrogen (secondary N) is 2. The quantitative estimate of drug-likeness (QED) is 0.457. The van der Waals surface area contributed by atoms with Gasteiger partial charge in [-0.3, -0.25) is 0 Å². The SMILES string of the molecule is CCOC(=O)N=S(C)(=O)c1ccc(Nc2ncc(-c3cccs3)c(NC3CCOCC3)n2)cc1. The molecule has 3 aromatic rings. The van der Waals surface area contributed by atoms with Crippen molar-refractivity contribution in [2.45, 2.75) is 30.7 Å². The maximum absolute atomic E-state index is 12.8. The minimum atomic E-state index is -2.90. The van der Waals surface area contributed by atoms with Crippen LogP contribution in [0.3, 0.4) is 0 Å². The molecule has 1 saturated heterocycles. The zero-order valence-electron chi connectivity index (χ0n) is 19.0. The number of amides is 1. The number of carbonyl (C=O) groups excluding carboxylic acids is 1. The summed E-state index contributed by atoms with van der Waals surface area (Å²) in [6.45, 7) is 3.32. The summed E-state index contributed by atoms with van der Waals surface area (Å²) in [4.78, 5) is 22.4. The Balaban J connectivity index is 1.55. The summed E-state index contributed by atoms with van der Waals surface area (Å²) in [5.41, 5.74) is 1.67. The number of hydrogen-bond donors (Lipinski definition) is 2. The Morgan fingerprint density at radius 2 is 2.03 bits per heavy atom. The zero-order chi connectivity index (χ0) is 24.0. The second kappa shape index (κ2) is 10.9. The van der Waals surface area contributed by atoms with Gasteiger partial charge in [0.2, 0.25) is 5.95 Å². The molecular formula is C23H27N5O4S2. The normalized spacial score (nSPS) is 15.8. The van der Waals surface area contributed by atoms with Gasteiger partial charge in [0.1, 0.15) is 5.82 Å². The average molecular weight is 502 g/mol. The molecule has 1 unspecified atom stereocenters. The van der Waals surface area contributed by atoms with E-state index in [1.54, 1.807) is 42.5 Å². The highest BCUT2D eigenvalue weighted by Gasteiger charge is 2.18. The molecule has 1 amide bonds. The Hall–Kier alpha value is -3.02. The van der Waals surface area contributed by atoms with Crippen LogP contribution in [0.4, 0.5) is 22.2 Å². The van der Waals surface area contributed by atoms with Crippen molar-refractivity contribution in [2.75, 3.05) is 36.7 Å². The summed E-state index contributed by atoms with van der Waals surface area (Å²) < 4.78 is 26.7. The Kier molecular flexibility index (Phi) is 7.76. The van der Waals surface area contributed by atoms with Gasteiger partial charge in [-0.25, -0.2) is 14.0 Å². The van der Waals surface area contributed by atoms with Crippen molar-refractivity contribution < 1.29 is 18.5 Å². The summed E-state index contributed by atoms with van der Waals surface area (Å²) in [6, 6.07) is 11.2. The Bertz CT molecular complexity index is 1230. The maximum atomic E-state index is 12.8. The highest BCUT2D eigenvalue weighted by molar-refractivity contribution is 7.93. The number of benzene rings is 1. The maximum Gasteiger partial charge on any atom is 0.442 e. The van der Waals surface area contributed by atoms with Gasteiger partial charge >= 0.3 is 6.09 Å². The number of aromatic nitrogens is 2. The number of ether oxygens (including phenoxy) is 2. The van der Waals surface area contributed by atoms with E-state index in [4.69, 9.17) is 14.5 Å². The van der Waals surface area contributed by atoms with Gasteiger partial charge in [0.05, 0.1) is 21.9 Å². The van der Waals surface area contributed by atoms with Crippen LogP contribution in [0, 0.1) is 0 Å². The number of rotatable bonds is 7. The van der Waals surface area contributed by atoms with E-state index in [0.29, 0.717) is 10.8 Å². The molecule has 1 aliphatic heterocycles. The molecule has 1 aromatic carbocycles. The first-order valence-electron chi connectivity index (χ1n) is 11.0. The standard InChI is InChI=1S/C23H27N5O4S2/c1-3-32-23(29)28-34(2,30)18-8-6-16(7-9-18)26-22-24-15-19(20-5-4-14-33-20)21(27-22)25-17-10-12-31-13-11-17/h4-9,14-15,17H,3,10-13H2,1-2H3,(H2,24,25,26,27). The molecule has 1 aliphatic rings. The van der Waals surface area contributed by atoms with E-state index < -0.39 is 15.8 Å². The minimum absolute atomic E-state index is 0.178.